The number of esters is 2. The number of piperidine rings is 1. The monoisotopic (exact) mass is 817 g/mol. The quantitative estimate of drug-likeness (QED) is 0.115. The molecule has 310 valence electrons. The van der Waals surface area contributed by atoms with Crippen LogP contribution < -0.4 is 15.0 Å². The van der Waals surface area contributed by atoms with Gasteiger partial charge >= 0.3 is 11.9 Å². The second kappa shape index (κ2) is 18.3. The number of hydrogen-bond donors (Lipinski definition) is 1. The predicted octanol–water partition coefficient (Wildman–Crippen LogP) is 9.26. The zero-order chi connectivity index (χ0) is 41.7. The van der Waals surface area contributed by atoms with Crippen molar-refractivity contribution in [2.24, 2.45) is 5.92 Å². The van der Waals surface area contributed by atoms with Crippen molar-refractivity contribution in [2.45, 2.75) is 91.9 Å². The largest absolute Gasteiger partial charge is 0.490 e. The molecule has 1 saturated heterocycles. The molecule has 11 nitrogen and oxygen atoms in total. The Balaban J connectivity index is 1.07. The first-order valence-corrected chi connectivity index (χ1v) is 21.6. The number of hydrogen-bond acceptors (Lipinski definition) is 11. The van der Waals surface area contributed by atoms with Gasteiger partial charge in [0.05, 0.1) is 29.5 Å². The third-order valence-corrected chi connectivity index (χ3v) is 12.0. The maximum absolute atomic E-state index is 14.0. The molecule has 4 heterocycles. The minimum atomic E-state index is -0.728. The van der Waals surface area contributed by atoms with E-state index in [1.54, 1.807) is 0 Å². The van der Waals surface area contributed by atoms with Gasteiger partial charge in [0.15, 0.2) is 10.8 Å². The zero-order valence-corrected chi connectivity index (χ0v) is 35.8. The molecule has 12 heteroatoms. The zero-order valence-electron chi connectivity index (χ0n) is 35.0. The van der Waals surface area contributed by atoms with Crippen molar-refractivity contribution in [1.29, 1.82) is 0 Å². The van der Waals surface area contributed by atoms with Gasteiger partial charge in [0.1, 0.15) is 17.2 Å². The number of para-hydroxylation sites is 1. The molecular formula is C47H55N5O6S. The normalized spacial score (nSPS) is 15.4. The van der Waals surface area contributed by atoms with Crippen LogP contribution in [-0.4, -0.2) is 77.2 Å². The summed E-state index contributed by atoms with van der Waals surface area (Å²) in [4.78, 5) is 53.5. The van der Waals surface area contributed by atoms with Gasteiger partial charge in [-0.05, 0) is 151 Å². The topological polar surface area (TPSA) is 123 Å². The number of nitrogens with one attached hydrogen (secondary N) is 1. The van der Waals surface area contributed by atoms with E-state index in [1.165, 1.54) is 11.3 Å². The summed E-state index contributed by atoms with van der Waals surface area (Å²) in [5.74, 6) is 1.13. The summed E-state index contributed by atoms with van der Waals surface area (Å²) in [6, 6.07) is 23.5. The van der Waals surface area contributed by atoms with Gasteiger partial charge in [-0.2, -0.15) is 0 Å². The first-order chi connectivity index (χ1) is 28.3. The fourth-order valence-corrected chi connectivity index (χ4v) is 8.87. The fraction of sp³-hybridized carbons (Fsp3) is 0.426. The molecule has 2 aliphatic heterocycles. The summed E-state index contributed by atoms with van der Waals surface area (Å²) in [7, 11) is 0. The maximum Gasteiger partial charge on any atom is 0.358 e. The van der Waals surface area contributed by atoms with Gasteiger partial charge in [-0.1, -0.05) is 47.7 Å². The molecule has 3 aromatic carbocycles. The van der Waals surface area contributed by atoms with E-state index in [-0.39, 0.29) is 23.7 Å². The van der Waals surface area contributed by atoms with Crippen LogP contribution in [0.2, 0.25) is 0 Å². The molecule has 0 bridgehead atoms. The molecule has 0 aliphatic carbocycles. The van der Waals surface area contributed by atoms with Crippen LogP contribution in [0.1, 0.15) is 97.8 Å². The van der Waals surface area contributed by atoms with E-state index in [2.05, 4.69) is 33.1 Å². The average molecular weight is 818 g/mol. The van der Waals surface area contributed by atoms with E-state index >= 15 is 0 Å². The molecule has 0 unspecified atom stereocenters. The van der Waals surface area contributed by atoms with Gasteiger partial charge in [0.2, 0.25) is 0 Å². The van der Waals surface area contributed by atoms with Gasteiger partial charge in [-0.25, -0.2) is 14.8 Å². The molecule has 1 fully saturated rings. The van der Waals surface area contributed by atoms with Gasteiger partial charge in [-0.15, -0.1) is 0 Å². The van der Waals surface area contributed by atoms with Gasteiger partial charge in [-0.3, -0.25) is 19.8 Å². The Morgan fingerprint density at radius 1 is 0.932 bits per heavy atom. The molecule has 2 aromatic heterocycles. The number of anilines is 2. The van der Waals surface area contributed by atoms with Crippen molar-refractivity contribution in [3.05, 3.63) is 101 Å². The molecule has 1 atom stereocenters. The summed E-state index contributed by atoms with van der Waals surface area (Å²) in [5.41, 5.74) is 5.42. The van der Waals surface area contributed by atoms with Crippen LogP contribution in [0.4, 0.5) is 10.9 Å². The second-order valence-corrected chi connectivity index (χ2v) is 17.6. The summed E-state index contributed by atoms with van der Waals surface area (Å²) in [6.45, 7) is 15.2. The first-order valence-electron chi connectivity index (χ1n) is 20.8. The highest BCUT2D eigenvalue weighted by Gasteiger charge is 2.28. The predicted molar refractivity (Wildman–Crippen MR) is 233 cm³/mol. The van der Waals surface area contributed by atoms with Crippen molar-refractivity contribution in [1.82, 2.24) is 14.9 Å². The summed E-state index contributed by atoms with van der Waals surface area (Å²) in [6.07, 6.45) is 4.79. The highest BCUT2D eigenvalue weighted by Crippen LogP contribution is 2.36. The van der Waals surface area contributed by atoms with E-state index < -0.39 is 11.6 Å². The number of carbonyl (C=O) groups is 3. The molecule has 5 aromatic rings. The molecular weight excluding hydrogens is 763 g/mol. The van der Waals surface area contributed by atoms with Crippen molar-refractivity contribution < 1.29 is 28.6 Å². The molecule has 0 saturated carbocycles. The summed E-state index contributed by atoms with van der Waals surface area (Å²) < 4.78 is 18.6. The highest BCUT2D eigenvalue weighted by molar-refractivity contribution is 7.22. The van der Waals surface area contributed by atoms with Gasteiger partial charge in [0.25, 0.3) is 5.91 Å². The van der Waals surface area contributed by atoms with Crippen LogP contribution >= 0.6 is 11.3 Å². The van der Waals surface area contributed by atoms with Crippen LogP contribution in [0, 0.1) is 12.8 Å². The number of benzene rings is 3. The minimum absolute atomic E-state index is 0.0116. The number of amides is 1. The molecule has 59 heavy (non-hydrogen) atoms. The van der Waals surface area contributed by atoms with E-state index in [1.807, 2.05) is 101 Å². The fourth-order valence-electron chi connectivity index (χ4n) is 8.01. The number of ether oxygens (including phenoxy) is 3. The van der Waals surface area contributed by atoms with Gasteiger partial charge in [0, 0.05) is 24.2 Å². The maximum atomic E-state index is 14.0. The Bertz CT molecular complexity index is 2280. The number of nitrogens with zero attached hydrogens (tertiary/aromatic N) is 4. The molecule has 0 radical (unpaired) electrons. The second-order valence-electron chi connectivity index (χ2n) is 16.6. The standard InChI is InChI=1S/C47H55N5O6S/c1-7-56-42(53)29-51-25-22-32(23-26-51)19-18-30(2)57-39-16-11-13-34(31(39)3)35-20-21-41(49-43(35)45(55)58-47(4,5)6)52-27-24-33-12-10-14-36(37(33)28-52)44(54)50-46-48-38-15-8-9-17-40(38)59-46/h8-17,20-21,30,32H,7,18-19,22-29H2,1-6H3,(H,48,50,54)/t30-/m1/s1. The van der Waals surface area contributed by atoms with Crippen LogP contribution in [0.15, 0.2) is 72.8 Å². The van der Waals surface area contributed by atoms with Crippen molar-refractivity contribution in [3.63, 3.8) is 0 Å². The van der Waals surface area contributed by atoms with Crippen LogP contribution in [0.25, 0.3) is 21.3 Å². The lowest BCUT2D eigenvalue weighted by Crippen LogP contribution is -2.38. The molecule has 1 amide bonds. The molecule has 7 rings (SSSR count). The molecule has 1 N–H and O–H groups in total. The van der Waals surface area contributed by atoms with E-state index in [9.17, 15) is 14.4 Å². The van der Waals surface area contributed by atoms with Crippen LogP contribution in [0.5, 0.6) is 5.75 Å². The number of pyridine rings is 1. The number of carbonyl (C=O) groups excluding carboxylic acids is 3. The highest BCUT2D eigenvalue weighted by atomic mass is 32.1. The lowest BCUT2D eigenvalue weighted by molar-refractivity contribution is -0.144. The van der Waals surface area contributed by atoms with Crippen molar-refractivity contribution in [3.8, 4) is 16.9 Å². The Morgan fingerprint density at radius 2 is 1.71 bits per heavy atom. The van der Waals surface area contributed by atoms with Crippen LogP contribution in [-0.2, 0) is 27.2 Å². The summed E-state index contributed by atoms with van der Waals surface area (Å²) in [5, 5.41) is 3.58. The van der Waals surface area contributed by atoms with Crippen molar-refractivity contribution >= 4 is 50.3 Å². The van der Waals surface area contributed by atoms with E-state index in [4.69, 9.17) is 19.2 Å². The average Bonchev–Trinajstić information content (AvgIpc) is 3.62. The Morgan fingerprint density at radius 3 is 2.47 bits per heavy atom. The van der Waals surface area contributed by atoms with Crippen molar-refractivity contribution in [2.75, 3.05) is 43.0 Å². The molecule has 2 aliphatic rings. The smallest absolute Gasteiger partial charge is 0.358 e. The number of aromatic nitrogens is 2. The first kappa shape index (κ1) is 41.8. The Labute approximate surface area is 351 Å². The van der Waals surface area contributed by atoms with E-state index in [0.717, 1.165) is 77.0 Å². The molecule has 0 spiro atoms. The van der Waals surface area contributed by atoms with E-state index in [0.29, 0.717) is 60.7 Å². The number of rotatable bonds is 13. The van der Waals surface area contributed by atoms with Crippen LogP contribution in [0.3, 0.4) is 0 Å². The Kier molecular flexibility index (Phi) is 13.0. The third-order valence-electron chi connectivity index (χ3n) is 11.1. The number of likely N-dealkylation sites (tertiary alicyclic amines) is 1. The minimum Gasteiger partial charge on any atom is -0.490 e. The summed E-state index contributed by atoms with van der Waals surface area (Å²) >= 11 is 1.45. The SMILES string of the molecule is CCOC(=O)CN1CCC(CC[C@@H](C)Oc2cccc(-c3ccc(N4CCc5cccc(C(=O)Nc6nc7ccccc7s6)c5C4)nc3C(=O)OC(C)(C)C)c2C)CC1. The third kappa shape index (κ3) is 10.3. The lowest BCUT2D eigenvalue weighted by Gasteiger charge is -2.32. The van der Waals surface area contributed by atoms with Gasteiger partial charge < -0.3 is 19.1 Å². The number of thiazole rings is 1. The lowest BCUT2D eigenvalue weighted by atomic mass is 9.91. The number of fused-ring (bicyclic) bond motifs is 2. The Hall–Kier alpha value is -5.33.